The van der Waals surface area contributed by atoms with Crippen molar-refractivity contribution < 1.29 is 19.1 Å². The molecule has 4 rings (SSSR count). The lowest BCUT2D eigenvalue weighted by molar-refractivity contribution is -0.149. The molecular weight excluding hydrogens is 320 g/mol. The number of ether oxygens (including phenoxy) is 1. The van der Waals surface area contributed by atoms with Crippen molar-refractivity contribution in [3.63, 3.8) is 0 Å². The summed E-state index contributed by atoms with van der Waals surface area (Å²) in [6, 6.07) is 0.00573. The number of amides is 2. The molecule has 0 spiro atoms. The van der Waals surface area contributed by atoms with E-state index in [1.807, 2.05) is 13.8 Å². The molecule has 0 radical (unpaired) electrons. The summed E-state index contributed by atoms with van der Waals surface area (Å²) in [6.45, 7) is 3.21. The van der Waals surface area contributed by atoms with Gasteiger partial charge in [-0.2, -0.15) is 0 Å². The normalized spacial score (nSPS) is 32.5. The summed E-state index contributed by atoms with van der Waals surface area (Å²) in [4.78, 5) is 35.4. The summed E-state index contributed by atoms with van der Waals surface area (Å²) in [5.41, 5.74) is 0.167. The van der Waals surface area contributed by atoms with Crippen molar-refractivity contribution in [2.75, 3.05) is 13.2 Å². The van der Waals surface area contributed by atoms with E-state index >= 15 is 0 Å². The van der Waals surface area contributed by atoms with Gasteiger partial charge in [0.25, 0.3) is 5.91 Å². The first-order valence-electron chi connectivity index (χ1n) is 9.55. The number of esters is 1. The number of carbonyl (C=O) groups excluding carboxylic acids is 3. The highest BCUT2D eigenvalue weighted by atomic mass is 16.5. The smallest absolute Gasteiger partial charge is 0.325 e. The predicted octanol–water partition coefficient (Wildman–Crippen LogP) is 1.78. The van der Waals surface area contributed by atoms with E-state index in [0.717, 1.165) is 17.8 Å². The van der Waals surface area contributed by atoms with Gasteiger partial charge in [0.05, 0.1) is 0 Å². The Balaban J connectivity index is 1.38. The second kappa shape index (κ2) is 7.34. The van der Waals surface area contributed by atoms with E-state index in [-0.39, 0.29) is 36.4 Å². The minimum atomic E-state index is -0.572. The monoisotopic (exact) mass is 350 g/mol. The SMILES string of the molecule is CC(C)NC(=O)COC(=O)CNC(=O)CC12CC3CC(CC(C3)C1)C2. The molecule has 2 N–H and O–H groups in total. The van der Waals surface area contributed by atoms with Crippen molar-refractivity contribution in [2.45, 2.75) is 64.8 Å². The van der Waals surface area contributed by atoms with E-state index in [1.54, 1.807) is 0 Å². The molecular formula is C19H30N2O4. The average molecular weight is 350 g/mol. The maximum Gasteiger partial charge on any atom is 0.325 e. The Hall–Kier alpha value is -1.59. The van der Waals surface area contributed by atoms with E-state index in [9.17, 15) is 14.4 Å². The highest BCUT2D eigenvalue weighted by Crippen LogP contribution is 2.61. The van der Waals surface area contributed by atoms with Gasteiger partial charge in [-0.15, -0.1) is 0 Å². The summed E-state index contributed by atoms with van der Waals surface area (Å²) in [6.07, 6.45) is 8.10. The van der Waals surface area contributed by atoms with Crippen molar-refractivity contribution in [1.29, 1.82) is 0 Å². The van der Waals surface area contributed by atoms with Gasteiger partial charge in [-0.3, -0.25) is 14.4 Å². The number of nitrogens with one attached hydrogen (secondary N) is 2. The van der Waals surface area contributed by atoms with Gasteiger partial charge in [-0.05, 0) is 75.5 Å². The zero-order valence-corrected chi connectivity index (χ0v) is 15.3. The minimum absolute atomic E-state index is 0.00573. The van der Waals surface area contributed by atoms with E-state index in [0.29, 0.717) is 6.42 Å². The number of rotatable bonds is 7. The van der Waals surface area contributed by atoms with Crippen LogP contribution in [-0.4, -0.2) is 37.0 Å². The minimum Gasteiger partial charge on any atom is -0.454 e. The van der Waals surface area contributed by atoms with Crippen LogP contribution in [0.4, 0.5) is 0 Å². The van der Waals surface area contributed by atoms with Gasteiger partial charge in [-0.25, -0.2) is 0 Å². The molecule has 4 aliphatic rings. The van der Waals surface area contributed by atoms with Crippen LogP contribution in [0.1, 0.15) is 58.8 Å². The van der Waals surface area contributed by atoms with Gasteiger partial charge < -0.3 is 15.4 Å². The fraction of sp³-hybridized carbons (Fsp3) is 0.842. The van der Waals surface area contributed by atoms with E-state index in [2.05, 4.69) is 10.6 Å². The third kappa shape index (κ3) is 4.73. The van der Waals surface area contributed by atoms with Crippen LogP contribution in [-0.2, 0) is 19.1 Å². The molecule has 4 bridgehead atoms. The van der Waals surface area contributed by atoms with Crippen LogP contribution in [0.3, 0.4) is 0 Å². The lowest BCUT2D eigenvalue weighted by Crippen LogP contribution is -2.48. The lowest BCUT2D eigenvalue weighted by atomic mass is 9.49. The fourth-order valence-corrected chi connectivity index (χ4v) is 5.64. The Bertz CT molecular complexity index is 508. The molecule has 0 unspecified atom stereocenters. The van der Waals surface area contributed by atoms with Crippen molar-refractivity contribution in [2.24, 2.45) is 23.2 Å². The Labute approximate surface area is 149 Å². The fourth-order valence-electron chi connectivity index (χ4n) is 5.64. The Morgan fingerprint density at radius 1 is 1.00 bits per heavy atom. The first-order valence-corrected chi connectivity index (χ1v) is 9.55. The summed E-state index contributed by atoms with van der Waals surface area (Å²) in [5, 5.41) is 5.32. The summed E-state index contributed by atoms with van der Waals surface area (Å²) < 4.78 is 4.88. The highest BCUT2D eigenvalue weighted by Gasteiger charge is 2.51. The van der Waals surface area contributed by atoms with Crippen LogP contribution in [0.5, 0.6) is 0 Å². The molecule has 4 aliphatic carbocycles. The molecule has 0 aromatic heterocycles. The molecule has 6 heteroatoms. The van der Waals surface area contributed by atoms with Crippen molar-refractivity contribution >= 4 is 17.8 Å². The van der Waals surface area contributed by atoms with Gasteiger partial charge in [-0.1, -0.05) is 0 Å². The van der Waals surface area contributed by atoms with Crippen LogP contribution < -0.4 is 10.6 Å². The summed E-state index contributed by atoms with van der Waals surface area (Å²) in [5.74, 6) is 1.46. The van der Waals surface area contributed by atoms with Crippen LogP contribution in [0.15, 0.2) is 0 Å². The molecule has 6 nitrogen and oxygen atoms in total. The molecule has 0 aromatic carbocycles. The van der Waals surface area contributed by atoms with Crippen molar-refractivity contribution in [3.05, 3.63) is 0 Å². The van der Waals surface area contributed by atoms with E-state index < -0.39 is 5.97 Å². The Morgan fingerprint density at radius 3 is 2.08 bits per heavy atom. The number of carbonyl (C=O) groups is 3. The number of hydrogen-bond donors (Lipinski definition) is 2. The summed E-state index contributed by atoms with van der Waals surface area (Å²) in [7, 11) is 0. The zero-order valence-electron chi connectivity index (χ0n) is 15.3. The quantitative estimate of drug-likeness (QED) is 0.686. The zero-order chi connectivity index (χ0) is 18.0. The molecule has 0 saturated heterocycles. The van der Waals surface area contributed by atoms with Gasteiger partial charge in [0.2, 0.25) is 5.91 Å². The standard InChI is InChI=1S/C19H30N2O4/c1-12(2)21-17(23)11-25-18(24)10-20-16(22)9-19-6-13-3-14(7-19)5-15(4-13)8-19/h12-15H,3-11H2,1-2H3,(H,20,22)(H,21,23). The maximum atomic E-state index is 12.3. The van der Waals surface area contributed by atoms with Crippen LogP contribution >= 0.6 is 0 Å². The molecule has 140 valence electrons. The topological polar surface area (TPSA) is 84.5 Å². The molecule has 25 heavy (non-hydrogen) atoms. The Morgan fingerprint density at radius 2 is 1.56 bits per heavy atom. The molecule has 0 aromatic rings. The second-order valence-electron chi connectivity index (χ2n) is 8.75. The highest BCUT2D eigenvalue weighted by molar-refractivity contribution is 5.84. The van der Waals surface area contributed by atoms with Gasteiger partial charge >= 0.3 is 5.97 Å². The molecule has 2 amide bonds. The van der Waals surface area contributed by atoms with Crippen LogP contribution in [0.25, 0.3) is 0 Å². The molecule has 4 fully saturated rings. The Kier molecular flexibility index (Phi) is 5.35. The largest absolute Gasteiger partial charge is 0.454 e. The van der Waals surface area contributed by atoms with Crippen molar-refractivity contribution in [1.82, 2.24) is 10.6 Å². The van der Waals surface area contributed by atoms with Gasteiger partial charge in [0.15, 0.2) is 6.61 Å². The third-order valence-electron chi connectivity index (χ3n) is 5.94. The van der Waals surface area contributed by atoms with Gasteiger partial charge in [0.1, 0.15) is 6.54 Å². The number of hydrogen-bond acceptors (Lipinski definition) is 4. The lowest BCUT2D eigenvalue weighted by Gasteiger charge is -2.56. The van der Waals surface area contributed by atoms with E-state index in [1.165, 1.54) is 38.5 Å². The summed E-state index contributed by atoms with van der Waals surface area (Å²) >= 11 is 0. The predicted molar refractivity (Wildman–Crippen MR) is 92.5 cm³/mol. The average Bonchev–Trinajstić information content (AvgIpc) is 2.48. The molecule has 4 saturated carbocycles. The maximum absolute atomic E-state index is 12.3. The molecule has 0 atom stereocenters. The van der Waals surface area contributed by atoms with Gasteiger partial charge in [0, 0.05) is 12.5 Å². The first-order chi connectivity index (χ1) is 11.8. The molecule has 0 heterocycles. The van der Waals surface area contributed by atoms with E-state index in [4.69, 9.17) is 4.74 Å². The third-order valence-corrected chi connectivity index (χ3v) is 5.94. The van der Waals surface area contributed by atoms with Crippen molar-refractivity contribution in [3.8, 4) is 0 Å². The second-order valence-corrected chi connectivity index (χ2v) is 8.75. The van der Waals surface area contributed by atoms with Crippen LogP contribution in [0, 0.1) is 23.2 Å². The first kappa shape index (κ1) is 18.2. The molecule has 0 aliphatic heterocycles. The van der Waals surface area contributed by atoms with Crippen LogP contribution in [0.2, 0.25) is 0 Å².